The van der Waals surface area contributed by atoms with E-state index in [9.17, 15) is 14.4 Å². The van der Waals surface area contributed by atoms with Crippen molar-refractivity contribution in [3.8, 4) is 5.75 Å². The molecule has 1 amide bonds. The molecule has 128 valence electrons. The van der Waals surface area contributed by atoms with Crippen LogP contribution >= 0.6 is 0 Å². The summed E-state index contributed by atoms with van der Waals surface area (Å²) in [6, 6.07) is 13.6. The van der Waals surface area contributed by atoms with E-state index in [1.54, 1.807) is 37.4 Å². The summed E-state index contributed by atoms with van der Waals surface area (Å²) in [4.78, 5) is 38.2. The van der Waals surface area contributed by atoms with Crippen molar-refractivity contribution < 1.29 is 19.1 Å². The van der Waals surface area contributed by atoms with Gasteiger partial charge < -0.3 is 14.4 Å². The Bertz CT molecular complexity index is 830. The van der Waals surface area contributed by atoms with Crippen LogP contribution in [0.4, 0.5) is 5.69 Å². The highest BCUT2D eigenvalue weighted by Crippen LogP contribution is 2.41. The largest absolute Gasteiger partial charge is 0.496 e. The summed E-state index contributed by atoms with van der Waals surface area (Å²) in [6.07, 6.45) is 0.903. The number of fused-ring (bicyclic) bond motifs is 1. The molecule has 2 aromatic carbocycles. The van der Waals surface area contributed by atoms with Crippen molar-refractivity contribution in [1.29, 1.82) is 0 Å². The second-order valence-corrected chi connectivity index (χ2v) is 5.97. The molecule has 2 aromatic rings. The molecular weight excluding hydrogens is 318 g/mol. The monoisotopic (exact) mass is 337 g/mol. The third-order valence-corrected chi connectivity index (χ3v) is 4.58. The molecule has 0 spiro atoms. The average Bonchev–Trinajstić information content (AvgIpc) is 2.93. The van der Waals surface area contributed by atoms with Crippen LogP contribution < -0.4 is 9.64 Å². The van der Waals surface area contributed by atoms with E-state index in [0.717, 1.165) is 11.8 Å². The molecule has 0 saturated heterocycles. The van der Waals surface area contributed by atoms with Crippen LogP contribution in [0.25, 0.3) is 0 Å². The van der Waals surface area contributed by atoms with Crippen LogP contribution in [0.3, 0.4) is 0 Å². The number of methoxy groups -OCH3 is 1. The molecule has 0 bridgehead atoms. The van der Waals surface area contributed by atoms with E-state index in [0.29, 0.717) is 17.0 Å². The van der Waals surface area contributed by atoms with Crippen LogP contribution in [-0.2, 0) is 9.59 Å². The lowest BCUT2D eigenvalue weighted by molar-refractivity contribution is -0.117. The van der Waals surface area contributed by atoms with Crippen molar-refractivity contribution in [1.82, 2.24) is 0 Å². The van der Waals surface area contributed by atoms with Crippen molar-refractivity contribution in [2.24, 2.45) is 0 Å². The lowest BCUT2D eigenvalue weighted by atomic mass is 9.85. The topological polar surface area (TPSA) is 63.7 Å². The number of anilines is 1. The van der Waals surface area contributed by atoms with Crippen LogP contribution in [0.2, 0.25) is 0 Å². The van der Waals surface area contributed by atoms with Gasteiger partial charge in [0.25, 0.3) is 0 Å². The van der Waals surface area contributed by atoms with E-state index in [4.69, 9.17) is 4.74 Å². The van der Waals surface area contributed by atoms with E-state index < -0.39 is 12.0 Å². The minimum atomic E-state index is -0.753. The molecular formula is C20H19NO4. The van der Waals surface area contributed by atoms with Gasteiger partial charge in [-0.15, -0.1) is 0 Å². The normalized spacial score (nSPS) is 17.1. The number of para-hydroxylation sites is 2. The first-order chi connectivity index (χ1) is 12.1. The standard InChI is InChI=1S/C20H19NO4/c1-13(23)21-17-9-5-3-8-16(17)20(24)19(21)15(11-12-22)14-7-4-6-10-18(14)25-2/h3-10,12,15,19H,11H2,1-2H3/t15-,19+/m0/s1. The Morgan fingerprint density at radius 1 is 1.20 bits per heavy atom. The van der Waals surface area contributed by atoms with Gasteiger partial charge in [0, 0.05) is 30.4 Å². The lowest BCUT2D eigenvalue weighted by Gasteiger charge is -2.30. The molecule has 0 radical (unpaired) electrons. The summed E-state index contributed by atoms with van der Waals surface area (Å²) in [5.41, 5.74) is 1.85. The molecule has 5 nitrogen and oxygen atoms in total. The molecule has 0 fully saturated rings. The maximum Gasteiger partial charge on any atom is 0.224 e. The van der Waals surface area contributed by atoms with Gasteiger partial charge in [0.15, 0.2) is 5.78 Å². The third-order valence-electron chi connectivity index (χ3n) is 4.58. The predicted molar refractivity (Wildman–Crippen MR) is 94.1 cm³/mol. The molecule has 1 heterocycles. The van der Waals surface area contributed by atoms with Gasteiger partial charge >= 0.3 is 0 Å². The highest BCUT2D eigenvalue weighted by molar-refractivity contribution is 6.18. The number of Topliss-reactive ketones (excluding diaryl/α,β-unsaturated/α-hetero) is 1. The molecule has 1 aliphatic heterocycles. The molecule has 1 aliphatic rings. The Labute approximate surface area is 146 Å². The van der Waals surface area contributed by atoms with E-state index in [1.807, 2.05) is 18.2 Å². The summed E-state index contributed by atoms with van der Waals surface area (Å²) in [7, 11) is 1.55. The van der Waals surface area contributed by atoms with Gasteiger partial charge in [-0.05, 0) is 18.2 Å². The Kier molecular flexibility index (Phi) is 4.65. The molecule has 25 heavy (non-hydrogen) atoms. The number of benzene rings is 2. The lowest BCUT2D eigenvalue weighted by Crippen LogP contribution is -2.43. The summed E-state index contributed by atoms with van der Waals surface area (Å²) in [5, 5.41) is 0. The van der Waals surface area contributed by atoms with Crippen LogP contribution in [-0.4, -0.2) is 31.1 Å². The fraction of sp³-hybridized carbons (Fsp3) is 0.250. The summed E-state index contributed by atoms with van der Waals surface area (Å²) < 4.78 is 5.41. The van der Waals surface area contributed by atoms with Crippen molar-refractivity contribution in [2.75, 3.05) is 12.0 Å². The van der Waals surface area contributed by atoms with Gasteiger partial charge in [0.1, 0.15) is 18.1 Å². The van der Waals surface area contributed by atoms with E-state index in [-0.39, 0.29) is 18.1 Å². The highest BCUT2D eigenvalue weighted by Gasteiger charge is 2.44. The second kappa shape index (κ2) is 6.89. The van der Waals surface area contributed by atoms with Gasteiger partial charge in [0.05, 0.1) is 12.8 Å². The number of carbonyl (C=O) groups excluding carboxylic acids is 3. The number of carbonyl (C=O) groups is 3. The number of ether oxygens (including phenoxy) is 1. The fourth-order valence-electron chi connectivity index (χ4n) is 3.55. The summed E-state index contributed by atoms with van der Waals surface area (Å²) in [5.74, 6) is -0.253. The van der Waals surface area contributed by atoms with Crippen molar-refractivity contribution in [3.05, 3.63) is 59.7 Å². The van der Waals surface area contributed by atoms with Gasteiger partial charge in [-0.2, -0.15) is 0 Å². The predicted octanol–water partition coefficient (Wildman–Crippen LogP) is 2.99. The summed E-state index contributed by atoms with van der Waals surface area (Å²) in [6.45, 7) is 1.43. The number of hydrogen-bond donors (Lipinski definition) is 0. The zero-order chi connectivity index (χ0) is 18.0. The van der Waals surface area contributed by atoms with Crippen LogP contribution in [0.1, 0.15) is 35.2 Å². The van der Waals surface area contributed by atoms with Crippen molar-refractivity contribution in [3.63, 3.8) is 0 Å². The van der Waals surface area contributed by atoms with Crippen LogP contribution in [0, 0.1) is 0 Å². The van der Waals surface area contributed by atoms with Crippen molar-refractivity contribution >= 4 is 23.7 Å². The van der Waals surface area contributed by atoms with E-state index in [2.05, 4.69) is 0 Å². The zero-order valence-corrected chi connectivity index (χ0v) is 14.1. The van der Waals surface area contributed by atoms with Gasteiger partial charge in [-0.1, -0.05) is 30.3 Å². The quantitative estimate of drug-likeness (QED) is 0.787. The van der Waals surface area contributed by atoms with Gasteiger partial charge in [-0.3, -0.25) is 9.59 Å². The number of aldehydes is 1. The molecule has 0 aliphatic carbocycles. The Balaban J connectivity index is 2.14. The fourth-order valence-corrected chi connectivity index (χ4v) is 3.55. The van der Waals surface area contributed by atoms with Crippen molar-refractivity contribution in [2.45, 2.75) is 25.3 Å². The minimum Gasteiger partial charge on any atom is -0.496 e. The highest BCUT2D eigenvalue weighted by atomic mass is 16.5. The molecule has 2 atom stereocenters. The first-order valence-electron chi connectivity index (χ1n) is 8.09. The molecule has 0 aromatic heterocycles. The number of hydrogen-bond acceptors (Lipinski definition) is 4. The van der Waals surface area contributed by atoms with E-state index in [1.165, 1.54) is 11.8 Å². The smallest absolute Gasteiger partial charge is 0.224 e. The Hall–Kier alpha value is -2.95. The molecule has 0 unspecified atom stereocenters. The second-order valence-electron chi connectivity index (χ2n) is 5.97. The first kappa shape index (κ1) is 16.9. The summed E-state index contributed by atoms with van der Waals surface area (Å²) >= 11 is 0. The number of ketones is 1. The molecule has 3 rings (SSSR count). The van der Waals surface area contributed by atoms with Crippen LogP contribution in [0.15, 0.2) is 48.5 Å². The van der Waals surface area contributed by atoms with Gasteiger partial charge in [-0.25, -0.2) is 0 Å². The third kappa shape index (κ3) is 2.82. The maximum absolute atomic E-state index is 13.1. The molecule has 0 saturated carbocycles. The Morgan fingerprint density at radius 3 is 2.56 bits per heavy atom. The number of rotatable bonds is 5. The first-order valence-corrected chi connectivity index (χ1v) is 8.09. The zero-order valence-electron chi connectivity index (χ0n) is 14.1. The van der Waals surface area contributed by atoms with E-state index >= 15 is 0 Å². The minimum absolute atomic E-state index is 0.120. The number of amides is 1. The molecule has 5 heteroatoms. The van der Waals surface area contributed by atoms with Gasteiger partial charge in [0.2, 0.25) is 5.91 Å². The van der Waals surface area contributed by atoms with Crippen LogP contribution in [0.5, 0.6) is 5.75 Å². The Morgan fingerprint density at radius 2 is 1.88 bits per heavy atom. The average molecular weight is 337 g/mol. The maximum atomic E-state index is 13.1. The number of nitrogens with zero attached hydrogens (tertiary/aromatic N) is 1. The molecule has 0 N–H and O–H groups in total. The SMILES string of the molecule is COc1ccccc1[C@H](CC=O)[C@@H]1C(=O)c2ccccc2N1C(C)=O.